The molecule has 0 aromatic heterocycles. The van der Waals surface area contributed by atoms with Gasteiger partial charge < -0.3 is 5.32 Å². The van der Waals surface area contributed by atoms with Crippen LogP contribution in [0.5, 0.6) is 0 Å². The average molecular weight is 331 g/mol. The average Bonchev–Trinajstić information content (AvgIpc) is 2.66. The Morgan fingerprint density at radius 1 is 0.880 bits per heavy atom. The molecule has 3 rings (SSSR count). The van der Waals surface area contributed by atoms with Gasteiger partial charge in [-0.15, -0.1) is 0 Å². The summed E-state index contributed by atoms with van der Waals surface area (Å²) in [5, 5.41) is 8.31. The predicted molar refractivity (Wildman–Crippen MR) is 98.5 cm³/mol. The first-order chi connectivity index (χ1) is 12.2. The van der Waals surface area contributed by atoms with Crippen LogP contribution in [-0.4, -0.2) is 24.6 Å². The fourth-order valence-electron chi connectivity index (χ4n) is 2.44. The molecule has 3 aromatic rings. The van der Waals surface area contributed by atoms with E-state index in [0.717, 1.165) is 16.3 Å². The van der Waals surface area contributed by atoms with Gasteiger partial charge in [-0.25, -0.2) is 5.43 Å². The number of carbonyl (C=O) groups excluding carboxylic acids is 2. The van der Waals surface area contributed by atoms with Crippen molar-refractivity contribution < 1.29 is 9.59 Å². The highest BCUT2D eigenvalue weighted by molar-refractivity contribution is 6.07. The van der Waals surface area contributed by atoms with Gasteiger partial charge in [0.15, 0.2) is 0 Å². The second kappa shape index (κ2) is 7.88. The number of hydrogen-bond acceptors (Lipinski definition) is 3. The summed E-state index contributed by atoms with van der Waals surface area (Å²) in [6.45, 7) is -0.145. The molecule has 0 fully saturated rings. The summed E-state index contributed by atoms with van der Waals surface area (Å²) < 4.78 is 0. The van der Waals surface area contributed by atoms with Crippen molar-refractivity contribution in [3.8, 4) is 0 Å². The van der Waals surface area contributed by atoms with Crippen LogP contribution >= 0.6 is 0 Å². The minimum atomic E-state index is -0.388. The molecule has 5 heteroatoms. The van der Waals surface area contributed by atoms with E-state index in [-0.39, 0.29) is 18.4 Å². The Hall–Kier alpha value is -3.47. The minimum Gasteiger partial charge on any atom is -0.343 e. The molecule has 0 atom stereocenters. The van der Waals surface area contributed by atoms with Crippen molar-refractivity contribution in [3.05, 3.63) is 83.9 Å². The van der Waals surface area contributed by atoms with Crippen LogP contribution in [-0.2, 0) is 4.79 Å². The smallest absolute Gasteiger partial charge is 0.259 e. The topological polar surface area (TPSA) is 70.6 Å². The lowest BCUT2D eigenvalue weighted by molar-refractivity contribution is -0.120. The highest BCUT2D eigenvalue weighted by atomic mass is 16.2. The molecule has 25 heavy (non-hydrogen) atoms. The summed E-state index contributed by atoms with van der Waals surface area (Å²) in [5.74, 6) is -0.681. The molecule has 3 aromatic carbocycles. The van der Waals surface area contributed by atoms with Crippen LogP contribution in [0.2, 0.25) is 0 Å². The first-order valence-electron chi connectivity index (χ1n) is 7.87. The molecule has 0 saturated carbocycles. The standard InChI is InChI=1S/C20H17N3O2/c24-19(23-22-13-15-7-2-1-3-8-15)14-21-20(25)18-12-6-10-16-9-4-5-11-17(16)18/h1-13H,14H2,(H,21,25)(H,23,24). The zero-order valence-electron chi connectivity index (χ0n) is 13.5. The third-order valence-corrected chi connectivity index (χ3v) is 3.65. The molecule has 0 bridgehead atoms. The lowest BCUT2D eigenvalue weighted by atomic mass is 10.0. The van der Waals surface area contributed by atoms with Crippen molar-refractivity contribution >= 4 is 28.8 Å². The molecule has 0 aliphatic heterocycles. The second-order valence-electron chi connectivity index (χ2n) is 5.41. The molecule has 0 saturated heterocycles. The van der Waals surface area contributed by atoms with Crippen molar-refractivity contribution in [1.29, 1.82) is 0 Å². The van der Waals surface area contributed by atoms with E-state index in [1.54, 1.807) is 12.3 Å². The lowest BCUT2D eigenvalue weighted by Gasteiger charge is -2.07. The number of hydrazone groups is 1. The maximum Gasteiger partial charge on any atom is 0.259 e. The monoisotopic (exact) mass is 331 g/mol. The largest absolute Gasteiger partial charge is 0.343 e. The Bertz CT molecular complexity index is 915. The molecular weight excluding hydrogens is 314 g/mol. The fraction of sp³-hybridized carbons (Fsp3) is 0.0500. The van der Waals surface area contributed by atoms with Crippen LogP contribution in [0.3, 0.4) is 0 Å². The Morgan fingerprint density at radius 2 is 1.60 bits per heavy atom. The van der Waals surface area contributed by atoms with E-state index in [9.17, 15) is 9.59 Å². The Labute approximate surface area is 145 Å². The number of nitrogens with one attached hydrogen (secondary N) is 2. The molecule has 0 aliphatic rings. The van der Waals surface area contributed by atoms with Gasteiger partial charge in [0.1, 0.15) is 0 Å². The van der Waals surface area contributed by atoms with E-state index in [0.29, 0.717) is 5.56 Å². The summed E-state index contributed by atoms with van der Waals surface area (Å²) >= 11 is 0. The van der Waals surface area contributed by atoms with E-state index < -0.39 is 0 Å². The number of hydrogen-bond donors (Lipinski definition) is 2. The van der Waals surface area contributed by atoms with Crippen molar-refractivity contribution in [2.75, 3.05) is 6.54 Å². The predicted octanol–water partition coefficient (Wildman–Crippen LogP) is 2.72. The highest BCUT2D eigenvalue weighted by Gasteiger charge is 2.10. The number of fused-ring (bicyclic) bond motifs is 1. The lowest BCUT2D eigenvalue weighted by Crippen LogP contribution is -2.35. The molecule has 0 radical (unpaired) electrons. The zero-order valence-corrected chi connectivity index (χ0v) is 13.5. The number of rotatable bonds is 5. The third kappa shape index (κ3) is 4.29. The van der Waals surface area contributed by atoms with Gasteiger partial charge in [0, 0.05) is 5.56 Å². The van der Waals surface area contributed by atoms with Gasteiger partial charge in [0.25, 0.3) is 11.8 Å². The molecule has 5 nitrogen and oxygen atoms in total. The van der Waals surface area contributed by atoms with Gasteiger partial charge in [-0.2, -0.15) is 5.10 Å². The summed E-state index contributed by atoms with van der Waals surface area (Å²) in [6.07, 6.45) is 1.55. The molecule has 0 spiro atoms. The van der Waals surface area contributed by atoms with Crippen LogP contribution in [0.25, 0.3) is 10.8 Å². The summed E-state index contributed by atoms with van der Waals surface area (Å²) in [6, 6.07) is 22.5. The van der Waals surface area contributed by atoms with Crippen LogP contribution in [0.4, 0.5) is 0 Å². The Balaban J connectivity index is 1.56. The molecule has 124 valence electrons. The van der Waals surface area contributed by atoms with Gasteiger partial charge >= 0.3 is 0 Å². The zero-order chi connectivity index (χ0) is 17.5. The van der Waals surface area contributed by atoms with Crippen LogP contribution in [0.15, 0.2) is 77.9 Å². The van der Waals surface area contributed by atoms with Gasteiger partial charge in [-0.3, -0.25) is 9.59 Å². The van der Waals surface area contributed by atoms with E-state index in [1.165, 1.54) is 0 Å². The maximum atomic E-state index is 12.3. The van der Waals surface area contributed by atoms with Crippen molar-refractivity contribution in [2.24, 2.45) is 5.10 Å². The highest BCUT2D eigenvalue weighted by Crippen LogP contribution is 2.18. The quantitative estimate of drug-likeness (QED) is 0.557. The fourth-order valence-corrected chi connectivity index (χ4v) is 2.44. The normalized spacial score (nSPS) is 10.7. The number of benzene rings is 3. The minimum absolute atomic E-state index is 0.145. The van der Waals surface area contributed by atoms with Gasteiger partial charge in [-0.05, 0) is 22.4 Å². The maximum absolute atomic E-state index is 12.3. The van der Waals surface area contributed by atoms with E-state index in [1.807, 2.05) is 66.7 Å². The summed E-state index contributed by atoms with van der Waals surface area (Å²) in [4.78, 5) is 24.1. The van der Waals surface area contributed by atoms with E-state index in [4.69, 9.17) is 0 Å². The Morgan fingerprint density at radius 3 is 2.44 bits per heavy atom. The van der Waals surface area contributed by atoms with Gasteiger partial charge in [0.05, 0.1) is 12.8 Å². The summed E-state index contributed by atoms with van der Waals surface area (Å²) in [5.41, 5.74) is 3.81. The SMILES string of the molecule is O=C(CNC(=O)c1cccc2ccccc12)NN=Cc1ccccc1. The summed E-state index contributed by atoms with van der Waals surface area (Å²) in [7, 11) is 0. The van der Waals surface area contributed by atoms with Gasteiger partial charge in [0.2, 0.25) is 0 Å². The van der Waals surface area contributed by atoms with E-state index in [2.05, 4.69) is 15.8 Å². The van der Waals surface area contributed by atoms with Crippen LogP contribution in [0.1, 0.15) is 15.9 Å². The van der Waals surface area contributed by atoms with Crippen LogP contribution < -0.4 is 10.7 Å². The molecule has 2 amide bonds. The first kappa shape index (κ1) is 16.4. The van der Waals surface area contributed by atoms with Crippen molar-refractivity contribution in [2.45, 2.75) is 0 Å². The third-order valence-electron chi connectivity index (χ3n) is 3.65. The first-order valence-corrected chi connectivity index (χ1v) is 7.87. The second-order valence-corrected chi connectivity index (χ2v) is 5.41. The Kier molecular flexibility index (Phi) is 5.16. The molecule has 0 heterocycles. The number of nitrogens with zero attached hydrogens (tertiary/aromatic N) is 1. The van der Waals surface area contributed by atoms with Crippen LogP contribution in [0, 0.1) is 0 Å². The number of amides is 2. The van der Waals surface area contributed by atoms with E-state index >= 15 is 0 Å². The van der Waals surface area contributed by atoms with Gasteiger partial charge in [-0.1, -0.05) is 66.7 Å². The molecular formula is C20H17N3O2. The molecule has 0 unspecified atom stereocenters. The van der Waals surface area contributed by atoms with Crippen molar-refractivity contribution in [1.82, 2.24) is 10.7 Å². The van der Waals surface area contributed by atoms with Crippen molar-refractivity contribution in [3.63, 3.8) is 0 Å². The number of carbonyl (C=O) groups is 2. The molecule has 2 N–H and O–H groups in total. The molecule has 0 aliphatic carbocycles.